The first kappa shape index (κ1) is 13.5. The van der Waals surface area contributed by atoms with E-state index < -0.39 is 5.82 Å². The fraction of sp³-hybridized carbons (Fsp3) is 0.286. The number of rotatable bonds is 2. The van der Waals surface area contributed by atoms with E-state index in [9.17, 15) is 4.39 Å². The predicted octanol–water partition coefficient (Wildman–Crippen LogP) is 2.96. The molecule has 1 aromatic heterocycles. The first-order valence-corrected chi connectivity index (χ1v) is 7.12. The molecule has 6 heteroatoms. The maximum atomic E-state index is 12.9. The van der Waals surface area contributed by atoms with Gasteiger partial charge in [0, 0.05) is 11.0 Å². The van der Waals surface area contributed by atoms with Crippen molar-refractivity contribution in [2.24, 2.45) is 0 Å². The van der Waals surface area contributed by atoms with Gasteiger partial charge in [0.2, 0.25) is 5.95 Å². The fourth-order valence-electron chi connectivity index (χ4n) is 2.22. The van der Waals surface area contributed by atoms with Gasteiger partial charge in [0.25, 0.3) is 0 Å². The second kappa shape index (κ2) is 5.85. The van der Waals surface area contributed by atoms with Crippen molar-refractivity contribution in [1.82, 2.24) is 9.97 Å². The van der Waals surface area contributed by atoms with Crippen molar-refractivity contribution in [3.63, 3.8) is 0 Å². The largest absolute Gasteiger partial charge is 0.370 e. The average Bonchev–Trinajstić information content (AvgIpc) is 2.49. The lowest BCUT2D eigenvalue weighted by molar-refractivity contribution is 0.0387. The first-order valence-electron chi connectivity index (χ1n) is 6.32. The summed E-state index contributed by atoms with van der Waals surface area (Å²) in [7, 11) is 0. The number of nitrogens with zero attached hydrogens (tertiary/aromatic N) is 3. The van der Waals surface area contributed by atoms with Gasteiger partial charge in [-0.3, -0.25) is 0 Å². The summed E-state index contributed by atoms with van der Waals surface area (Å²) in [5.74, 6) is 0.108. The van der Waals surface area contributed by atoms with Crippen LogP contribution in [0.2, 0.25) is 0 Å². The molecule has 4 nitrogen and oxygen atoms in total. The molecule has 1 atom stereocenters. The van der Waals surface area contributed by atoms with Crippen LogP contribution in [0.15, 0.2) is 41.1 Å². The van der Waals surface area contributed by atoms with Crippen LogP contribution in [-0.2, 0) is 4.74 Å². The van der Waals surface area contributed by atoms with Gasteiger partial charge in [-0.1, -0.05) is 34.1 Å². The van der Waals surface area contributed by atoms with Crippen LogP contribution in [0.4, 0.5) is 10.3 Å². The Morgan fingerprint density at radius 1 is 1.25 bits per heavy atom. The molecule has 0 radical (unpaired) electrons. The molecule has 1 aliphatic rings. The Balaban J connectivity index is 1.80. The van der Waals surface area contributed by atoms with E-state index in [-0.39, 0.29) is 6.10 Å². The second-order valence-corrected chi connectivity index (χ2v) is 5.38. The summed E-state index contributed by atoms with van der Waals surface area (Å²) in [5, 5.41) is 0. The van der Waals surface area contributed by atoms with Crippen LogP contribution in [0, 0.1) is 5.82 Å². The number of aromatic nitrogens is 2. The van der Waals surface area contributed by atoms with Crippen LogP contribution in [0.3, 0.4) is 0 Å². The SMILES string of the molecule is Fc1cnc(N2CCO[C@H](c3ccccc3Br)C2)nc1. The summed E-state index contributed by atoms with van der Waals surface area (Å²) >= 11 is 3.54. The molecule has 0 saturated carbocycles. The van der Waals surface area contributed by atoms with Crippen molar-refractivity contribution >= 4 is 21.9 Å². The van der Waals surface area contributed by atoms with E-state index in [0.717, 1.165) is 10.0 Å². The van der Waals surface area contributed by atoms with Gasteiger partial charge in [0.05, 0.1) is 25.5 Å². The highest BCUT2D eigenvalue weighted by Crippen LogP contribution is 2.29. The van der Waals surface area contributed by atoms with E-state index in [1.54, 1.807) is 0 Å². The maximum Gasteiger partial charge on any atom is 0.225 e. The first-order chi connectivity index (χ1) is 9.74. The molecule has 1 saturated heterocycles. The van der Waals surface area contributed by atoms with Crippen molar-refractivity contribution in [1.29, 1.82) is 0 Å². The Bertz CT molecular complexity index is 593. The molecule has 2 heterocycles. The predicted molar refractivity (Wildman–Crippen MR) is 77.0 cm³/mol. The monoisotopic (exact) mass is 337 g/mol. The molecule has 1 aromatic carbocycles. The minimum absolute atomic E-state index is 0.0482. The van der Waals surface area contributed by atoms with Gasteiger partial charge < -0.3 is 9.64 Å². The lowest BCUT2D eigenvalue weighted by Gasteiger charge is -2.33. The molecule has 1 fully saturated rings. The molecular formula is C14H13BrFN3O. The number of anilines is 1. The van der Waals surface area contributed by atoms with E-state index in [1.165, 1.54) is 12.4 Å². The number of benzene rings is 1. The molecule has 0 bridgehead atoms. The maximum absolute atomic E-state index is 12.9. The Morgan fingerprint density at radius 3 is 2.75 bits per heavy atom. The summed E-state index contributed by atoms with van der Waals surface area (Å²) < 4.78 is 19.7. The van der Waals surface area contributed by atoms with Crippen LogP contribution in [0.25, 0.3) is 0 Å². The fourth-order valence-corrected chi connectivity index (χ4v) is 2.76. The van der Waals surface area contributed by atoms with E-state index in [0.29, 0.717) is 25.6 Å². The Labute approximate surface area is 124 Å². The lowest BCUT2D eigenvalue weighted by Crippen LogP contribution is -2.39. The number of hydrogen-bond donors (Lipinski definition) is 0. The van der Waals surface area contributed by atoms with Crippen molar-refractivity contribution in [2.45, 2.75) is 6.10 Å². The highest BCUT2D eigenvalue weighted by atomic mass is 79.9. The minimum atomic E-state index is -0.427. The van der Waals surface area contributed by atoms with Crippen LogP contribution in [-0.4, -0.2) is 29.7 Å². The third kappa shape index (κ3) is 2.81. The normalized spacial score (nSPS) is 19.1. The molecule has 0 spiro atoms. The number of ether oxygens (including phenoxy) is 1. The molecular weight excluding hydrogens is 325 g/mol. The van der Waals surface area contributed by atoms with Gasteiger partial charge in [0.15, 0.2) is 5.82 Å². The van der Waals surface area contributed by atoms with Gasteiger partial charge in [0.1, 0.15) is 6.10 Å². The summed E-state index contributed by atoms with van der Waals surface area (Å²) in [6.07, 6.45) is 2.32. The van der Waals surface area contributed by atoms with Crippen LogP contribution in [0.1, 0.15) is 11.7 Å². The van der Waals surface area contributed by atoms with E-state index in [4.69, 9.17) is 4.74 Å². The van der Waals surface area contributed by atoms with Crippen LogP contribution < -0.4 is 4.90 Å². The summed E-state index contributed by atoms with van der Waals surface area (Å²) in [6.45, 7) is 1.94. The molecule has 0 amide bonds. The zero-order valence-corrected chi connectivity index (χ0v) is 12.3. The highest BCUT2D eigenvalue weighted by Gasteiger charge is 2.24. The molecule has 104 valence electrons. The minimum Gasteiger partial charge on any atom is -0.370 e. The van der Waals surface area contributed by atoms with Gasteiger partial charge in [-0.05, 0) is 11.6 Å². The second-order valence-electron chi connectivity index (χ2n) is 4.53. The number of morpholine rings is 1. The van der Waals surface area contributed by atoms with Crippen LogP contribution in [0.5, 0.6) is 0 Å². The Kier molecular flexibility index (Phi) is 3.93. The number of halogens is 2. The molecule has 1 aliphatic heterocycles. The van der Waals surface area contributed by atoms with Crippen molar-refractivity contribution in [3.8, 4) is 0 Å². The molecule has 20 heavy (non-hydrogen) atoms. The van der Waals surface area contributed by atoms with Gasteiger partial charge in [-0.25, -0.2) is 14.4 Å². The van der Waals surface area contributed by atoms with Gasteiger partial charge >= 0.3 is 0 Å². The summed E-state index contributed by atoms with van der Waals surface area (Å²) in [4.78, 5) is 10.1. The molecule has 2 aromatic rings. The zero-order chi connectivity index (χ0) is 13.9. The van der Waals surface area contributed by atoms with Gasteiger partial charge in [-0.2, -0.15) is 0 Å². The summed E-state index contributed by atoms with van der Waals surface area (Å²) in [5.41, 5.74) is 1.10. The van der Waals surface area contributed by atoms with E-state index in [1.807, 2.05) is 29.2 Å². The molecule has 0 aliphatic carbocycles. The molecule has 0 unspecified atom stereocenters. The lowest BCUT2D eigenvalue weighted by atomic mass is 10.1. The van der Waals surface area contributed by atoms with Crippen molar-refractivity contribution < 1.29 is 9.13 Å². The summed E-state index contributed by atoms with van der Waals surface area (Å²) in [6, 6.07) is 7.98. The topological polar surface area (TPSA) is 38.2 Å². The Morgan fingerprint density at radius 2 is 2.00 bits per heavy atom. The molecule has 3 rings (SSSR count). The zero-order valence-electron chi connectivity index (χ0n) is 10.7. The third-order valence-corrected chi connectivity index (χ3v) is 3.93. The smallest absolute Gasteiger partial charge is 0.225 e. The van der Waals surface area contributed by atoms with Crippen molar-refractivity contribution in [3.05, 3.63) is 52.5 Å². The van der Waals surface area contributed by atoms with E-state index >= 15 is 0 Å². The molecule has 0 N–H and O–H groups in total. The quantitative estimate of drug-likeness (QED) is 0.844. The standard InChI is InChI=1S/C14H13BrFN3O/c15-12-4-2-1-3-11(12)13-9-19(5-6-20-13)14-17-7-10(16)8-18-14/h1-4,7-8,13H,5-6,9H2/t13-/m0/s1. The number of hydrogen-bond acceptors (Lipinski definition) is 4. The third-order valence-electron chi connectivity index (χ3n) is 3.21. The van der Waals surface area contributed by atoms with Gasteiger partial charge in [-0.15, -0.1) is 0 Å². The Hall–Kier alpha value is -1.53. The average molecular weight is 338 g/mol. The highest BCUT2D eigenvalue weighted by molar-refractivity contribution is 9.10. The van der Waals surface area contributed by atoms with E-state index in [2.05, 4.69) is 25.9 Å². The van der Waals surface area contributed by atoms with Crippen molar-refractivity contribution in [2.75, 3.05) is 24.6 Å². The van der Waals surface area contributed by atoms with Crippen LogP contribution >= 0.6 is 15.9 Å².